The molecule has 0 bridgehead atoms. The molecule has 4 aromatic rings. The Kier molecular flexibility index (Phi) is 5.99. The lowest BCUT2D eigenvalue weighted by Gasteiger charge is -2.23. The Balaban J connectivity index is 1.65. The molecule has 0 unspecified atom stereocenters. The van der Waals surface area contributed by atoms with Crippen LogP contribution in [0.5, 0.6) is 0 Å². The molecule has 33 heavy (non-hydrogen) atoms. The number of aromatic amines is 1. The number of fused-ring (bicyclic) bond motifs is 1. The van der Waals surface area contributed by atoms with E-state index in [1.54, 1.807) is 36.1 Å². The summed E-state index contributed by atoms with van der Waals surface area (Å²) in [4.78, 5) is 45.4. The van der Waals surface area contributed by atoms with E-state index in [9.17, 15) is 19.7 Å². The smallest absolute Gasteiger partial charge is 0.312 e. The zero-order valence-corrected chi connectivity index (χ0v) is 18.2. The first-order valence-electron chi connectivity index (χ1n) is 10.3. The Labute approximate surface area is 188 Å². The van der Waals surface area contributed by atoms with Crippen molar-refractivity contribution in [1.29, 1.82) is 0 Å². The van der Waals surface area contributed by atoms with Gasteiger partial charge in [-0.3, -0.25) is 24.4 Å². The van der Waals surface area contributed by atoms with Crippen molar-refractivity contribution >= 4 is 22.5 Å². The van der Waals surface area contributed by atoms with Gasteiger partial charge < -0.3 is 9.88 Å². The number of aryl methyl sites for hydroxylation is 1. The van der Waals surface area contributed by atoms with Crippen molar-refractivity contribution in [3.63, 3.8) is 0 Å². The predicted octanol–water partition coefficient (Wildman–Crippen LogP) is 2.87. The number of amides is 1. The molecule has 0 aliphatic heterocycles. The molecule has 0 spiro atoms. The van der Waals surface area contributed by atoms with Gasteiger partial charge in [0.2, 0.25) is 5.91 Å². The van der Waals surface area contributed by atoms with Gasteiger partial charge in [-0.05, 0) is 31.5 Å². The maximum absolute atomic E-state index is 13.3. The van der Waals surface area contributed by atoms with Crippen LogP contribution >= 0.6 is 0 Å². The fourth-order valence-electron chi connectivity index (χ4n) is 3.76. The highest BCUT2D eigenvalue weighted by molar-refractivity contribution is 5.78. The molecular weight excluding hydrogens is 424 g/mol. The quantitative estimate of drug-likeness (QED) is 0.343. The summed E-state index contributed by atoms with van der Waals surface area (Å²) in [5.74, 6) is 0.0393. The molecule has 2 heterocycles. The number of nitrogens with one attached hydrogen (secondary N) is 1. The van der Waals surface area contributed by atoms with E-state index in [-0.39, 0.29) is 42.5 Å². The number of benzene rings is 2. The van der Waals surface area contributed by atoms with Gasteiger partial charge in [-0.2, -0.15) is 5.10 Å². The third kappa shape index (κ3) is 4.64. The highest BCUT2D eigenvalue weighted by Crippen LogP contribution is 2.22. The van der Waals surface area contributed by atoms with Crippen LogP contribution in [-0.2, 0) is 24.4 Å². The summed E-state index contributed by atoms with van der Waals surface area (Å²) in [5, 5.41) is 16.0. The summed E-state index contributed by atoms with van der Waals surface area (Å²) < 4.78 is 1.34. The molecule has 0 aliphatic carbocycles. The summed E-state index contributed by atoms with van der Waals surface area (Å²) in [6.07, 6.45) is 0. The SMILES string of the molecule is Cc1nn(CC(=O)N(Cc2ccccc2)Cc2nc3ccccc3c(=O)[nH]2)c(C)c1[N+](=O)[O-]. The second kappa shape index (κ2) is 9.03. The lowest BCUT2D eigenvalue weighted by molar-refractivity contribution is -0.386. The van der Waals surface area contributed by atoms with Gasteiger partial charge in [0, 0.05) is 6.54 Å². The topological polar surface area (TPSA) is 127 Å². The third-order valence-corrected chi connectivity index (χ3v) is 5.38. The number of carbonyl (C=O) groups excluding carboxylic acids is 1. The van der Waals surface area contributed by atoms with Crippen LogP contribution in [0.4, 0.5) is 5.69 Å². The lowest BCUT2D eigenvalue weighted by Crippen LogP contribution is -2.34. The maximum atomic E-state index is 13.3. The van der Waals surface area contributed by atoms with Crippen molar-refractivity contribution in [2.75, 3.05) is 0 Å². The Morgan fingerprint density at radius 2 is 1.79 bits per heavy atom. The Bertz CT molecular complexity index is 1390. The van der Waals surface area contributed by atoms with Crippen LogP contribution in [-0.4, -0.2) is 35.5 Å². The van der Waals surface area contributed by atoms with E-state index >= 15 is 0 Å². The number of hydrogen-bond donors (Lipinski definition) is 1. The van der Waals surface area contributed by atoms with Gasteiger partial charge >= 0.3 is 5.69 Å². The minimum absolute atomic E-state index is 0.0647. The molecule has 168 valence electrons. The average molecular weight is 446 g/mol. The summed E-state index contributed by atoms with van der Waals surface area (Å²) in [6.45, 7) is 3.27. The van der Waals surface area contributed by atoms with Crippen LogP contribution in [0, 0.1) is 24.0 Å². The van der Waals surface area contributed by atoms with Gasteiger partial charge in [0.15, 0.2) is 0 Å². The third-order valence-electron chi connectivity index (χ3n) is 5.38. The molecule has 0 saturated carbocycles. The first kappa shape index (κ1) is 21.9. The number of H-pyrrole nitrogens is 1. The second-order valence-electron chi connectivity index (χ2n) is 7.70. The number of aromatic nitrogens is 4. The van der Waals surface area contributed by atoms with Crippen LogP contribution < -0.4 is 5.56 Å². The predicted molar refractivity (Wildman–Crippen MR) is 121 cm³/mol. The zero-order valence-electron chi connectivity index (χ0n) is 18.2. The summed E-state index contributed by atoms with van der Waals surface area (Å²) in [7, 11) is 0. The van der Waals surface area contributed by atoms with Gasteiger partial charge in [-0.25, -0.2) is 4.98 Å². The molecular formula is C23H22N6O4. The van der Waals surface area contributed by atoms with E-state index < -0.39 is 4.92 Å². The fraction of sp³-hybridized carbons (Fsp3) is 0.217. The lowest BCUT2D eigenvalue weighted by atomic mass is 10.2. The Morgan fingerprint density at radius 3 is 2.48 bits per heavy atom. The number of rotatable bonds is 7. The summed E-state index contributed by atoms with van der Waals surface area (Å²) >= 11 is 0. The van der Waals surface area contributed by atoms with Crippen LogP contribution in [0.1, 0.15) is 22.8 Å². The van der Waals surface area contributed by atoms with E-state index in [1.165, 1.54) is 11.6 Å². The minimum Gasteiger partial charge on any atom is -0.329 e. The van der Waals surface area contributed by atoms with E-state index in [0.717, 1.165) is 5.56 Å². The minimum atomic E-state index is -0.496. The Morgan fingerprint density at radius 1 is 1.09 bits per heavy atom. The standard InChI is InChI=1S/C23H22N6O4/c1-15-22(29(32)33)16(2)28(26-15)14-21(30)27(12-17-8-4-3-5-9-17)13-20-24-19-11-7-6-10-18(19)23(31)25-20/h3-11H,12-14H2,1-2H3,(H,24,25,31). The molecule has 0 saturated heterocycles. The molecule has 0 aliphatic rings. The van der Waals surface area contributed by atoms with Gasteiger partial charge in [0.1, 0.15) is 23.8 Å². The van der Waals surface area contributed by atoms with Crippen molar-refractivity contribution in [1.82, 2.24) is 24.6 Å². The van der Waals surface area contributed by atoms with Gasteiger partial charge in [-0.1, -0.05) is 42.5 Å². The van der Waals surface area contributed by atoms with Gasteiger partial charge in [-0.15, -0.1) is 0 Å². The van der Waals surface area contributed by atoms with Crippen molar-refractivity contribution in [2.24, 2.45) is 0 Å². The van der Waals surface area contributed by atoms with Gasteiger partial charge in [0.25, 0.3) is 5.56 Å². The van der Waals surface area contributed by atoms with Crippen molar-refractivity contribution in [3.05, 3.63) is 97.8 Å². The molecule has 0 fully saturated rings. The van der Waals surface area contributed by atoms with Crippen molar-refractivity contribution in [3.8, 4) is 0 Å². The molecule has 10 heteroatoms. The first-order chi connectivity index (χ1) is 15.8. The molecule has 4 rings (SSSR count). The van der Waals surface area contributed by atoms with E-state index in [4.69, 9.17) is 0 Å². The zero-order chi connectivity index (χ0) is 23.5. The number of nitro groups is 1. The van der Waals surface area contributed by atoms with E-state index in [1.807, 2.05) is 30.3 Å². The maximum Gasteiger partial charge on any atom is 0.312 e. The average Bonchev–Trinajstić information content (AvgIpc) is 3.07. The molecule has 0 radical (unpaired) electrons. The Hall–Kier alpha value is -4.34. The van der Waals surface area contributed by atoms with Crippen LogP contribution in [0.25, 0.3) is 10.9 Å². The van der Waals surface area contributed by atoms with Gasteiger partial charge in [0.05, 0.1) is 22.4 Å². The van der Waals surface area contributed by atoms with Crippen LogP contribution in [0.15, 0.2) is 59.4 Å². The number of hydrogen-bond acceptors (Lipinski definition) is 6. The summed E-state index contributed by atoms with van der Waals surface area (Å²) in [6, 6.07) is 16.4. The molecule has 10 nitrogen and oxygen atoms in total. The molecule has 1 N–H and O–H groups in total. The normalized spacial score (nSPS) is 11.0. The van der Waals surface area contributed by atoms with E-state index in [2.05, 4.69) is 15.1 Å². The fourth-order valence-corrected chi connectivity index (χ4v) is 3.76. The molecule has 1 amide bonds. The largest absolute Gasteiger partial charge is 0.329 e. The van der Waals surface area contributed by atoms with Crippen molar-refractivity contribution in [2.45, 2.75) is 33.5 Å². The van der Waals surface area contributed by atoms with Crippen molar-refractivity contribution < 1.29 is 9.72 Å². The second-order valence-corrected chi connectivity index (χ2v) is 7.70. The highest BCUT2D eigenvalue weighted by Gasteiger charge is 2.25. The molecule has 0 atom stereocenters. The highest BCUT2D eigenvalue weighted by atomic mass is 16.6. The summed E-state index contributed by atoms with van der Waals surface area (Å²) in [5.41, 5.74) is 1.61. The molecule has 2 aromatic carbocycles. The van der Waals surface area contributed by atoms with Crippen LogP contribution in [0.3, 0.4) is 0 Å². The van der Waals surface area contributed by atoms with Crippen LogP contribution in [0.2, 0.25) is 0 Å². The van der Waals surface area contributed by atoms with E-state index in [0.29, 0.717) is 22.4 Å². The number of nitrogens with zero attached hydrogens (tertiary/aromatic N) is 5. The number of carbonyl (C=O) groups is 1. The monoisotopic (exact) mass is 446 g/mol. The first-order valence-corrected chi connectivity index (χ1v) is 10.3. The molecule has 2 aromatic heterocycles. The number of para-hydroxylation sites is 1.